The van der Waals surface area contributed by atoms with Crippen LogP contribution in [0.25, 0.3) is 0 Å². The van der Waals surface area contributed by atoms with Gasteiger partial charge in [0.15, 0.2) is 0 Å². The minimum atomic E-state index is -0.0268. The molecule has 4 heteroatoms. The standard InChI is InChI=1S/C15H21ClN2O/c1-11-7-8-17-14(9-11)15(19)18(2)10-12-3-5-13(16)6-4-12/h3-6,11,14,17H,7-10H2,1-2H3. The smallest absolute Gasteiger partial charge is 0.239 e. The summed E-state index contributed by atoms with van der Waals surface area (Å²) in [6, 6.07) is 7.61. The Balaban J connectivity index is 1.93. The zero-order valence-electron chi connectivity index (χ0n) is 11.5. The van der Waals surface area contributed by atoms with Crippen molar-refractivity contribution in [3.63, 3.8) is 0 Å². The summed E-state index contributed by atoms with van der Waals surface area (Å²) in [4.78, 5) is 14.1. The summed E-state index contributed by atoms with van der Waals surface area (Å²) in [5.41, 5.74) is 1.10. The maximum atomic E-state index is 12.4. The van der Waals surface area contributed by atoms with Gasteiger partial charge in [0.25, 0.3) is 0 Å². The molecule has 0 bridgehead atoms. The fourth-order valence-corrected chi connectivity index (χ4v) is 2.63. The van der Waals surface area contributed by atoms with Crippen molar-refractivity contribution in [2.75, 3.05) is 13.6 Å². The molecule has 1 heterocycles. The van der Waals surface area contributed by atoms with Crippen molar-refractivity contribution < 1.29 is 4.79 Å². The van der Waals surface area contributed by atoms with Crippen LogP contribution in [0.4, 0.5) is 0 Å². The highest BCUT2D eigenvalue weighted by atomic mass is 35.5. The van der Waals surface area contributed by atoms with Crippen molar-refractivity contribution in [3.8, 4) is 0 Å². The number of likely N-dealkylation sites (N-methyl/N-ethyl adjacent to an activating group) is 1. The molecule has 0 spiro atoms. The average Bonchev–Trinajstić information content (AvgIpc) is 2.40. The Morgan fingerprint density at radius 3 is 2.74 bits per heavy atom. The molecule has 1 fully saturated rings. The van der Waals surface area contributed by atoms with Crippen LogP contribution in [0.1, 0.15) is 25.3 Å². The monoisotopic (exact) mass is 280 g/mol. The first-order valence-corrected chi connectivity index (χ1v) is 7.17. The molecule has 0 radical (unpaired) electrons. The van der Waals surface area contributed by atoms with Crippen molar-refractivity contribution in [2.24, 2.45) is 5.92 Å². The third kappa shape index (κ3) is 3.95. The van der Waals surface area contributed by atoms with Gasteiger partial charge in [-0.15, -0.1) is 0 Å². The fraction of sp³-hybridized carbons (Fsp3) is 0.533. The molecule has 2 unspecified atom stereocenters. The summed E-state index contributed by atoms with van der Waals surface area (Å²) in [6.45, 7) is 3.77. The van der Waals surface area contributed by atoms with E-state index < -0.39 is 0 Å². The maximum Gasteiger partial charge on any atom is 0.239 e. The average molecular weight is 281 g/mol. The van der Waals surface area contributed by atoms with E-state index in [1.54, 1.807) is 4.90 Å². The van der Waals surface area contributed by atoms with Crippen LogP contribution in [-0.4, -0.2) is 30.4 Å². The van der Waals surface area contributed by atoms with E-state index in [2.05, 4.69) is 12.2 Å². The van der Waals surface area contributed by atoms with Crippen LogP contribution in [0.3, 0.4) is 0 Å². The van der Waals surface area contributed by atoms with Gasteiger partial charge in [0.1, 0.15) is 0 Å². The van der Waals surface area contributed by atoms with Crippen LogP contribution >= 0.6 is 11.6 Å². The van der Waals surface area contributed by atoms with Crippen LogP contribution in [-0.2, 0) is 11.3 Å². The van der Waals surface area contributed by atoms with Crippen molar-refractivity contribution >= 4 is 17.5 Å². The topological polar surface area (TPSA) is 32.3 Å². The van der Waals surface area contributed by atoms with E-state index in [1.165, 1.54) is 0 Å². The van der Waals surface area contributed by atoms with Crippen LogP contribution in [0.5, 0.6) is 0 Å². The molecule has 2 atom stereocenters. The van der Waals surface area contributed by atoms with Gasteiger partial charge in [-0.05, 0) is 43.0 Å². The number of halogens is 1. The molecular weight excluding hydrogens is 260 g/mol. The number of hydrogen-bond acceptors (Lipinski definition) is 2. The second-order valence-electron chi connectivity index (χ2n) is 5.46. The lowest BCUT2D eigenvalue weighted by atomic mass is 9.93. The lowest BCUT2D eigenvalue weighted by Gasteiger charge is -2.30. The third-order valence-electron chi connectivity index (χ3n) is 3.67. The minimum absolute atomic E-state index is 0.0268. The van der Waals surface area contributed by atoms with Crippen molar-refractivity contribution in [3.05, 3.63) is 34.9 Å². The van der Waals surface area contributed by atoms with Crippen LogP contribution < -0.4 is 5.32 Å². The molecule has 19 heavy (non-hydrogen) atoms. The van der Waals surface area contributed by atoms with E-state index in [1.807, 2.05) is 31.3 Å². The number of carbonyl (C=O) groups is 1. The molecule has 1 aliphatic heterocycles. The zero-order chi connectivity index (χ0) is 13.8. The molecule has 3 nitrogen and oxygen atoms in total. The Bertz CT molecular complexity index is 432. The largest absolute Gasteiger partial charge is 0.340 e. The molecule has 0 saturated carbocycles. The van der Waals surface area contributed by atoms with Crippen LogP contribution in [0.2, 0.25) is 5.02 Å². The van der Waals surface area contributed by atoms with Gasteiger partial charge in [0.05, 0.1) is 6.04 Å². The van der Waals surface area contributed by atoms with Crippen molar-refractivity contribution in [2.45, 2.75) is 32.4 Å². The second-order valence-corrected chi connectivity index (χ2v) is 5.89. The SMILES string of the molecule is CC1CCNC(C(=O)N(C)Cc2ccc(Cl)cc2)C1. The van der Waals surface area contributed by atoms with Gasteiger partial charge in [-0.3, -0.25) is 4.79 Å². The van der Waals surface area contributed by atoms with Gasteiger partial charge in [0, 0.05) is 18.6 Å². The Morgan fingerprint density at radius 2 is 2.11 bits per heavy atom. The minimum Gasteiger partial charge on any atom is -0.340 e. The summed E-state index contributed by atoms with van der Waals surface area (Å²) >= 11 is 5.86. The van der Waals surface area contributed by atoms with E-state index in [0.29, 0.717) is 12.5 Å². The number of nitrogens with zero attached hydrogens (tertiary/aromatic N) is 1. The number of rotatable bonds is 3. The zero-order valence-corrected chi connectivity index (χ0v) is 12.3. The Hall–Kier alpha value is -1.06. The summed E-state index contributed by atoms with van der Waals surface area (Å²) < 4.78 is 0. The predicted molar refractivity (Wildman–Crippen MR) is 78.1 cm³/mol. The summed E-state index contributed by atoms with van der Waals surface area (Å²) in [5, 5.41) is 4.04. The molecule has 1 aromatic rings. The number of nitrogens with one attached hydrogen (secondary N) is 1. The maximum absolute atomic E-state index is 12.4. The third-order valence-corrected chi connectivity index (χ3v) is 3.93. The highest BCUT2D eigenvalue weighted by Gasteiger charge is 2.26. The van der Waals surface area contributed by atoms with Gasteiger partial charge in [-0.2, -0.15) is 0 Å². The molecule has 1 saturated heterocycles. The van der Waals surface area contributed by atoms with Gasteiger partial charge in [0.2, 0.25) is 5.91 Å². The first-order valence-electron chi connectivity index (χ1n) is 6.79. The molecule has 0 aromatic heterocycles. The molecule has 1 aliphatic rings. The van der Waals surface area contributed by atoms with E-state index in [9.17, 15) is 4.79 Å². The number of amides is 1. The molecule has 2 rings (SSSR count). The fourth-order valence-electron chi connectivity index (χ4n) is 2.50. The first-order chi connectivity index (χ1) is 9.06. The lowest BCUT2D eigenvalue weighted by Crippen LogP contribution is -2.48. The number of carbonyl (C=O) groups excluding carboxylic acids is 1. The molecule has 1 N–H and O–H groups in total. The Morgan fingerprint density at radius 1 is 1.42 bits per heavy atom. The summed E-state index contributed by atoms with van der Waals surface area (Å²) in [5.74, 6) is 0.806. The number of hydrogen-bond donors (Lipinski definition) is 1. The van der Waals surface area contributed by atoms with Crippen LogP contribution in [0.15, 0.2) is 24.3 Å². The van der Waals surface area contributed by atoms with Gasteiger partial charge >= 0.3 is 0 Å². The van der Waals surface area contributed by atoms with E-state index in [4.69, 9.17) is 11.6 Å². The van der Waals surface area contributed by atoms with Crippen molar-refractivity contribution in [1.82, 2.24) is 10.2 Å². The molecule has 104 valence electrons. The summed E-state index contributed by atoms with van der Waals surface area (Å²) in [6.07, 6.45) is 2.09. The van der Waals surface area contributed by atoms with Gasteiger partial charge < -0.3 is 10.2 Å². The number of benzene rings is 1. The Kier molecular flexibility index (Phi) is 4.83. The number of piperidine rings is 1. The molecule has 1 aromatic carbocycles. The van der Waals surface area contributed by atoms with Crippen molar-refractivity contribution in [1.29, 1.82) is 0 Å². The highest BCUT2D eigenvalue weighted by Crippen LogP contribution is 2.17. The summed E-state index contributed by atoms with van der Waals surface area (Å²) in [7, 11) is 1.86. The van der Waals surface area contributed by atoms with E-state index >= 15 is 0 Å². The molecule has 0 aliphatic carbocycles. The van der Waals surface area contributed by atoms with E-state index in [0.717, 1.165) is 30.0 Å². The lowest BCUT2D eigenvalue weighted by molar-refractivity contribution is -0.133. The van der Waals surface area contributed by atoms with E-state index in [-0.39, 0.29) is 11.9 Å². The molecular formula is C15H21ClN2O. The van der Waals surface area contributed by atoms with Gasteiger partial charge in [-0.25, -0.2) is 0 Å². The Labute approximate surface area is 119 Å². The first kappa shape index (κ1) is 14.4. The predicted octanol–water partition coefficient (Wildman–Crippen LogP) is 2.69. The molecule has 1 amide bonds. The van der Waals surface area contributed by atoms with Gasteiger partial charge in [-0.1, -0.05) is 30.7 Å². The normalized spacial score (nSPS) is 23.1. The second kappa shape index (κ2) is 6.40. The highest BCUT2D eigenvalue weighted by molar-refractivity contribution is 6.30. The van der Waals surface area contributed by atoms with Crippen LogP contribution in [0, 0.1) is 5.92 Å². The quantitative estimate of drug-likeness (QED) is 0.923.